The van der Waals surface area contributed by atoms with Gasteiger partial charge in [-0.25, -0.2) is 0 Å². The van der Waals surface area contributed by atoms with Crippen molar-refractivity contribution >= 4 is 36.5 Å². The Balaban J connectivity index is 2.00. The molecule has 80 valence electrons. The second-order valence-corrected chi connectivity index (χ2v) is 5.96. The molecule has 15 heavy (non-hydrogen) atoms. The molecule has 0 aromatic rings. The van der Waals surface area contributed by atoms with Crippen LogP contribution in [0.3, 0.4) is 0 Å². The first kappa shape index (κ1) is 11.5. The highest BCUT2D eigenvalue weighted by Crippen LogP contribution is 2.46. The summed E-state index contributed by atoms with van der Waals surface area (Å²) in [5.74, 6) is -0.380. The van der Waals surface area contributed by atoms with Crippen molar-refractivity contribution in [3.63, 3.8) is 0 Å². The van der Waals surface area contributed by atoms with Gasteiger partial charge < -0.3 is 14.1 Å². The van der Waals surface area contributed by atoms with Crippen LogP contribution < -0.4 is 0 Å². The van der Waals surface area contributed by atoms with E-state index in [0.29, 0.717) is 12.8 Å². The minimum absolute atomic E-state index is 0.0194. The highest BCUT2D eigenvalue weighted by Gasteiger charge is 2.50. The maximum Gasteiger partial charge on any atom is 0.306 e. The van der Waals surface area contributed by atoms with Gasteiger partial charge in [0.25, 0.3) is 0 Å². The van der Waals surface area contributed by atoms with E-state index in [9.17, 15) is 9.59 Å². The summed E-state index contributed by atoms with van der Waals surface area (Å²) >= 11 is 0. The van der Waals surface area contributed by atoms with Crippen LogP contribution in [0.1, 0.15) is 12.8 Å². The zero-order valence-electron chi connectivity index (χ0n) is 8.01. The Bertz CT molecular complexity index is 275. The van der Waals surface area contributed by atoms with Crippen molar-refractivity contribution in [2.45, 2.75) is 25.0 Å². The fraction of sp³-hybridized carbons (Fsp3) is 0.750. The van der Waals surface area contributed by atoms with Gasteiger partial charge in [-0.1, -0.05) is 0 Å². The van der Waals surface area contributed by atoms with Crippen molar-refractivity contribution in [2.24, 2.45) is 11.8 Å². The molecule has 2 fully saturated rings. The summed E-state index contributed by atoms with van der Waals surface area (Å²) < 4.78 is 10.6. The zero-order valence-corrected chi connectivity index (χ0v) is 10.0. The van der Waals surface area contributed by atoms with Gasteiger partial charge in [0.1, 0.15) is 20.0 Å². The number of hydrogen-bond donors (Lipinski definition) is 0. The zero-order chi connectivity index (χ0) is 10.8. The molecule has 0 N–H and O–H groups in total. The Hall–Kier alpha value is 0.0249. The van der Waals surface area contributed by atoms with Gasteiger partial charge in [-0.2, -0.15) is 0 Å². The first-order valence-corrected chi connectivity index (χ1v) is 7.76. The van der Waals surface area contributed by atoms with Crippen molar-refractivity contribution in [3.05, 3.63) is 0 Å². The maximum atomic E-state index is 11.0. The summed E-state index contributed by atoms with van der Waals surface area (Å²) in [6.07, 6.45) is 1.64. The van der Waals surface area contributed by atoms with E-state index < -0.39 is 0 Å². The Morgan fingerprint density at radius 3 is 3.07 bits per heavy atom. The third-order valence-corrected chi connectivity index (χ3v) is 4.22. The molecule has 0 amide bonds. The molecule has 0 aromatic heterocycles. The second kappa shape index (κ2) is 4.90. The molecule has 1 saturated heterocycles. The molecule has 1 saturated carbocycles. The van der Waals surface area contributed by atoms with Gasteiger partial charge in [0, 0.05) is 26.8 Å². The monoisotopic (exact) mass is 244 g/mol. The van der Waals surface area contributed by atoms with Crippen LogP contribution in [-0.4, -0.2) is 32.0 Å². The molecule has 2 aliphatic rings. The van der Waals surface area contributed by atoms with Gasteiger partial charge in [-0.15, -0.1) is 8.15 Å². The van der Waals surface area contributed by atoms with Crippen molar-refractivity contribution in [3.8, 4) is 0 Å². The van der Waals surface area contributed by atoms with Gasteiger partial charge in [0.2, 0.25) is 0 Å². The van der Waals surface area contributed by atoms with Crippen LogP contribution >= 0.6 is 16.6 Å². The lowest BCUT2D eigenvalue weighted by molar-refractivity contribution is -0.141. The first-order valence-electron chi connectivity index (χ1n) is 4.77. The van der Waals surface area contributed by atoms with Gasteiger partial charge in [-0.05, 0) is 0 Å². The molecule has 4 nitrogen and oxygen atoms in total. The third kappa shape index (κ3) is 2.25. The quantitative estimate of drug-likeness (QED) is 0.317. The topological polar surface area (TPSA) is 52.6 Å². The predicted octanol–water partition coefficient (Wildman–Crippen LogP) is 0.793. The van der Waals surface area contributed by atoms with E-state index in [2.05, 4.69) is 0 Å². The van der Waals surface area contributed by atoms with Gasteiger partial charge in [-0.3, -0.25) is 4.79 Å². The molecular weight excluding hydrogens is 233 g/mol. The summed E-state index contributed by atoms with van der Waals surface area (Å²) in [7, 11) is 5.87. The van der Waals surface area contributed by atoms with Crippen LogP contribution in [0.5, 0.6) is 0 Å². The average molecular weight is 244 g/mol. The van der Waals surface area contributed by atoms with Crippen LogP contribution in [0, 0.1) is 11.8 Å². The molecule has 0 bridgehead atoms. The van der Waals surface area contributed by atoms with Crippen molar-refractivity contribution in [1.29, 1.82) is 0 Å². The predicted molar refractivity (Wildman–Crippen MR) is 59.4 cm³/mol. The molecule has 1 heterocycles. The number of hydrogen-bond acceptors (Lipinski definition) is 4. The lowest BCUT2D eigenvalue weighted by Crippen LogP contribution is -2.22. The van der Waals surface area contributed by atoms with Crippen LogP contribution in [0.4, 0.5) is 0 Å². The largest absolute Gasteiger partial charge is 0.462 e. The van der Waals surface area contributed by atoms with Crippen LogP contribution in [0.2, 0.25) is 0 Å². The maximum absolute atomic E-state index is 11.0. The Labute approximate surface area is 92.8 Å². The lowest BCUT2D eigenvalue weighted by Gasteiger charge is -2.16. The number of carbonyl (C=O) groups excluding carboxylic acids is 2. The number of ether oxygens (including phenoxy) is 1. The Morgan fingerprint density at radius 2 is 2.40 bits per heavy atom. The van der Waals surface area contributed by atoms with E-state index >= 15 is 0 Å². The summed E-state index contributed by atoms with van der Waals surface area (Å²) in [5.41, 5.74) is 0. The summed E-state index contributed by atoms with van der Waals surface area (Å²) in [6.45, 7) is 0. The lowest BCUT2D eigenvalue weighted by atomic mass is 9.94. The molecule has 0 spiro atoms. The van der Waals surface area contributed by atoms with Crippen molar-refractivity contribution in [2.75, 3.05) is 0 Å². The Morgan fingerprint density at radius 1 is 1.60 bits per heavy atom. The van der Waals surface area contributed by atoms with Crippen molar-refractivity contribution < 1.29 is 18.8 Å². The molecule has 7 heteroatoms. The molecule has 2 radical (unpaired) electrons. The number of fused-ring (bicyclic) bond motifs is 1. The van der Waals surface area contributed by atoms with Crippen molar-refractivity contribution in [1.82, 2.24) is 0 Å². The standard InChI is InChI=1S/C8H11BO4P2/c9-14-15-13-7-2-6-4(5(7)3-10)1-8(11)12-6/h3-7,14-15H,1-2H2/t4-,5-,6+,7-/m1/s1. The van der Waals surface area contributed by atoms with E-state index in [4.69, 9.17) is 16.8 Å². The van der Waals surface area contributed by atoms with Gasteiger partial charge in [0.05, 0.1) is 12.5 Å². The van der Waals surface area contributed by atoms with E-state index in [0.717, 1.165) is 6.29 Å². The summed E-state index contributed by atoms with van der Waals surface area (Å²) in [6, 6.07) is 0. The van der Waals surface area contributed by atoms with E-state index in [1.165, 1.54) is 0 Å². The smallest absolute Gasteiger partial charge is 0.306 e. The third-order valence-electron chi connectivity index (χ3n) is 2.98. The summed E-state index contributed by atoms with van der Waals surface area (Å²) in [4.78, 5) is 22.0. The number of carbonyl (C=O) groups is 2. The van der Waals surface area contributed by atoms with E-state index in [1.807, 2.05) is 0 Å². The molecule has 1 aliphatic carbocycles. The molecule has 0 aromatic carbocycles. The van der Waals surface area contributed by atoms with Crippen LogP contribution in [-0.2, 0) is 18.8 Å². The summed E-state index contributed by atoms with van der Waals surface area (Å²) in [5, 5.41) is 0. The molecule has 6 atom stereocenters. The SMILES string of the molecule is [B]PPO[C@@H]1C[C@@H]2OC(=O)C[C@@H]2[C@H]1C=O. The highest BCUT2D eigenvalue weighted by atomic mass is 32.0. The first-order chi connectivity index (χ1) is 7.26. The second-order valence-electron chi connectivity index (χ2n) is 3.75. The number of esters is 1. The van der Waals surface area contributed by atoms with Crippen LogP contribution in [0.15, 0.2) is 0 Å². The Kier molecular flexibility index (Phi) is 3.76. The van der Waals surface area contributed by atoms with Crippen LogP contribution in [0.25, 0.3) is 0 Å². The van der Waals surface area contributed by atoms with E-state index in [1.54, 1.807) is 0 Å². The molecule has 1 aliphatic heterocycles. The highest BCUT2D eigenvalue weighted by molar-refractivity contribution is 8.21. The molecule has 2 rings (SSSR count). The molecule has 2 unspecified atom stereocenters. The minimum atomic E-state index is -0.203. The fourth-order valence-electron chi connectivity index (χ4n) is 2.32. The number of aldehydes is 1. The normalized spacial score (nSPS) is 40.4. The van der Waals surface area contributed by atoms with Gasteiger partial charge >= 0.3 is 5.97 Å². The number of rotatable bonds is 4. The fourth-order valence-corrected chi connectivity index (χ4v) is 3.45. The minimum Gasteiger partial charge on any atom is -0.462 e. The van der Waals surface area contributed by atoms with E-state index in [-0.39, 0.29) is 46.7 Å². The van der Waals surface area contributed by atoms with Gasteiger partial charge in [0.15, 0.2) is 0 Å². The molecular formula is C8H11BO4P2. The average Bonchev–Trinajstić information content (AvgIpc) is 2.70.